The summed E-state index contributed by atoms with van der Waals surface area (Å²) >= 11 is 0. The maximum atomic E-state index is 5.74. The summed E-state index contributed by atoms with van der Waals surface area (Å²) in [6.45, 7) is 6.68. The van der Waals surface area contributed by atoms with Gasteiger partial charge in [-0.25, -0.2) is 0 Å². The first kappa shape index (κ1) is 16.5. The molecule has 21 heavy (non-hydrogen) atoms. The molecule has 1 aromatic rings. The molecule has 1 aliphatic rings. The largest absolute Gasteiger partial charge is 0.378 e. The Hall–Kier alpha value is -0.860. The highest BCUT2D eigenvalue weighted by atomic mass is 16.5. The summed E-state index contributed by atoms with van der Waals surface area (Å²) in [5.41, 5.74) is 1.45. The van der Waals surface area contributed by atoms with Crippen LogP contribution in [0.3, 0.4) is 0 Å². The van der Waals surface area contributed by atoms with E-state index in [-0.39, 0.29) is 0 Å². The Balaban J connectivity index is 1.84. The molecule has 1 aliphatic heterocycles. The van der Waals surface area contributed by atoms with Crippen LogP contribution in [-0.4, -0.2) is 25.3 Å². The molecule has 0 saturated carbocycles. The highest BCUT2D eigenvalue weighted by Gasteiger charge is 2.20. The first-order chi connectivity index (χ1) is 10.3. The fourth-order valence-corrected chi connectivity index (χ4v) is 3.28. The third-order valence-electron chi connectivity index (χ3n) is 4.65. The van der Waals surface area contributed by atoms with E-state index in [1.807, 2.05) is 0 Å². The van der Waals surface area contributed by atoms with Crippen LogP contribution < -0.4 is 5.32 Å². The van der Waals surface area contributed by atoms with Gasteiger partial charge in [0, 0.05) is 12.6 Å². The Bertz CT molecular complexity index is 372. The van der Waals surface area contributed by atoms with E-state index in [4.69, 9.17) is 4.74 Å². The second-order valence-electron chi connectivity index (χ2n) is 6.33. The molecule has 1 aromatic carbocycles. The van der Waals surface area contributed by atoms with Crippen LogP contribution in [0.2, 0.25) is 0 Å². The Morgan fingerprint density at radius 3 is 2.76 bits per heavy atom. The zero-order valence-electron chi connectivity index (χ0n) is 13.7. The lowest BCUT2D eigenvalue weighted by molar-refractivity contribution is 0.101. The highest BCUT2D eigenvalue weighted by molar-refractivity contribution is 5.20. The molecular weight excluding hydrogens is 258 g/mol. The van der Waals surface area contributed by atoms with E-state index in [1.54, 1.807) is 0 Å². The minimum Gasteiger partial charge on any atom is -0.378 e. The van der Waals surface area contributed by atoms with E-state index in [2.05, 4.69) is 49.5 Å². The topological polar surface area (TPSA) is 21.3 Å². The monoisotopic (exact) mass is 289 g/mol. The first-order valence-corrected chi connectivity index (χ1v) is 8.71. The van der Waals surface area contributed by atoms with Crippen LogP contribution in [0.4, 0.5) is 0 Å². The zero-order chi connectivity index (χ0) is 14.9. The van der Waals surface area contributed by atoms with E-state index >= 15 is 0 Å². The molecule has 2 rings (SSSR count). The summed E-state index contributed by atoms with van der Waals surface area (Å²) in [4.78, 5) is 0. The average molecular weight is 289 g/mol. The van der Waals surface area contributed by atoms with E-state index in [0.717, 1.165) is 13.2 Å². The standard InChI is InChI=1S/C19H31NO/c1-3-14-20-19(13-7-11-18-12-8-15-21-18)16(2)17-9-5-4-6-10-17/h4-6,9-10,16,18-20H,3,7-8,11-15H2,1-2H3. The fourth-order valence-electron chi connectivity index (χ4n) is 3.28. The molecule has 0 aliphatic carbocycles. The molecule has 3 unspecified atom stereocenters. The SMILES string of the molecule is CCCNC(CCCC1CCCO1)C(C)c1ccccc1. The molecule has 0 radical (unpaired) electrons. The third kappa shape index (κ3) is 5.44. The van der Waals surface area contributed by atoms with Gasteiger partial charge >= 0.3 is 0 Å². The molecule has 0 amide bonds. The smallest absolute Gasteiger partial charge is 0.0576 e. The lowest BCUT2D eigenvalue weighted by Crippen LogP contribution is -2.34. The summed E-state index contributed by atoms with van der Waals surface area (Å²) < 4.78 is 5.74. The zero-order valence-corrected chi connectivity index (χ0v) is 13.7. The molecule has 2 nitrogen and oxygen atoms in total. The van der Waals surface area contributed by atoms with Gasteiger partial charge in [0.2, 0.25) is 0 Å². The minimum atomic E-state index is 0.531. The Morgan fingerprint density at radius 1 is 1.29 bits per heavy atom. The van der Waals surface area contributed by atoms with Crippen LogP contribution in [-0.2, 0) is 4.74 Å². The fraction of sp³-hybridized carbons (Fsp3) is 0.684. The molecule has 1 saturated heterocycles. The van der Waals surface area contributed by atoms with Gasteiger partial charge in [-0.2, -0.15) is 0 Å². The molecule has 2 heteroatoms. The molecule has 1 N–H and O–H groups in total. The van der Waals surface area contributed by atoms with E-state index < -0.39 is 0 Å². The van der Waals surface area contributed by atoms with Crippen LogP contribution in [0, 0.1) is 0 Å². The highest BCUT2D eigenvalue weighted by Crippen LogP contribution is 2.24. The van der Waals surface area contributed by atoms with Crippen molar-refractivity contribution < 1.29 is 4.74 Å². The van der Waals surface area contributed by atoms with Gasteiger partial charge in [-0.3, -0.25) is 0 Å². The van der Waals surface area contributed by atoms with E-state index in [9.17, 15) is 0 Å². The van der Waals surface area contributed by atoms with Crippen LogP contribution in [0.15, 0.2) is 30.3 Å². The summed E-state index contributed by atoms with van der Waals surface area (Å²) in [5, 5.41) is 3.75. The number of hydrogen-bond acceptors (Lipinski definition) is 2. The quantitative estimate of drug-likeness (QED) is 0.722. The van der Waals surface area contributed by atoms with Crippen LogP contribution >= 0.6 is 0 Å². The van der Waals surface area contributed by atoms with Gasteiger partial charge in [0.15, 0.2) is 0 Å². The second kappa shape index (κ2) is 9.22. The number of nitrogens with one attached hydrogen (secondary N) is 1. The summed E-state index contributed by atoms with van der Waals surface area (Å²) in [6, 6.07) is 11.5. The van der Waals surface area contributed by atoms with Gasteiger partial charge in [0.1, 0.15) is 0 Å². The molecule has 1 heterocycles. The van der Waals surface area contributed by atoms with Crippen molar-refractivity contribution in [3.63, 3.8) is 0 Å². The van der Waals surface area contributed by atoms with Crippen LogP contribution in [0.1, 0.15) is 63.9 Å². The summed E-state index contributed by atoms with van der Waals surface area (Å²) in [7, 11) is 0. The van der Waals surface area contributed by atoms with Gasteiger partial charge in [-0.1, -0.05) is 44.2 Å². The second-order valence-corrected chi connectivity index (χ2v) is 6.33. The van der Waals surface area contributed by atoms with E-state index in [0.29, 0.717) is 18.1 Å². The van der Waals surface area contributed by atoms with Crippen molar-refractivity contribution in [2.45, 2.75) is 70.4 Å². The number of hydrogen-bond donors (Lipinski definition) is 1. The lowest BCUT2D eigenvalue weighted by atomic mass is 9.89. The van der Waals surface area contributed by atoms with Crippen molar-refractivity contribution in [2.24, 2.45) is 0 Å². The lowest BCUT2D eigenvalue weighted by Gasteiger charge is -2.26. The van der Waals surface area contributed by atoms with Gasteiger partial charge in [-0.05, 0) is 56.6 Å². The average Bonchev–Trinajstić information content (AvgIpc) is 3.04. The van der Waals surface area contributed by atoms with Gasteiger partial charge in [-0.15, -0.1) is 0 Å². The molecule has 0 bridgehead atoms. The normalized spacial score (nSPS) is 21.3. The minimum absolute atomic E-state index is 0.531. The summed E-state index contributed by atoms with van der Waals surface area (Å²) in [6.07, 6.45) is 7.99. The van der Waals surface area contributed by atoms with Crippen molar-refractivity contribution in [2.75, 3.05) is 13.2 Å². The van der Waals surface area contributed by atoms with Crippen LogP contribution in [0.5, 0.6) is 0 Å². The molecule has 3 atom stereocenters. The molecule has 0 aromatic heterocycles. The first-order valence-electron chi connectivity index (χ1n) is 8.71. The van der Waals surface area contributed by atoms with Crippen LogP contribution in [0.25, 0.3) is 0 Å². The maximum absolute atomic E-state index is 5.74. The summed E-state index contributed by atoms with van der Waals surface area (Å²) in [5.74, 6) is 0.572. The predicted octanol–water partition coefficient (Wildman–Crippen LogP) is 4.51. The van der Waals surface area contributed by atoms with Gasteiger partial charge < -0.3 is 10.1 Å². The Kier molecular flexibility index (Phi) is 7.25. The Labute approximate surface area is 130 Å². The van der Waals surface area contributed by atoms with Crippen molar-refractivity contribution in [1.82, 2.24) is 5.32 Å². The van der Waals surface area contributed by atoms with Crippen molar-refractivity contribution in [3.8, 4) is 0 Å². The van der Waals surface area contributed by atoms with Crippen molar-refractivity contribution >= 4 is 0 Å². The molecule has 118 valence electrons. The molecular formula is C19H31NO. The van der Waals surface area contributed by atoms with Gasteiger partial charge in [0.25, 0.3) is 0 Å². The molecule has 1 fully saturated rings. The van der Waals surface area contributed by atoms with Crippen molar-refractivity contribution in [3.05, 3.63) is 35.9 Å². The van der Waals surface area contributed by atoms with Crippen molar-refractivity contribution in [1.29, 1.82) is 0 Å². The number of benzene rings is 1. The number of ether oxygens (including phenoxy) is 1. The maximum Gasteiger partial charge on any atom is 0.0576 e. The van der Waals surface area contributed by atoms with Gasteiger partial charge in [0.05, 0.1) is 6.10 Å². The third-order valence-corrected chi connectivity index (χ3v) is 4.65. The molecule has 0 spiro atoms. The predicted molar refractivity (Wildman–Crippen MR) is 89.8 cm³/mol. The Morgan fingerprint density at radius 2 is 2.10 bits per heavy atom. The van der Waals surface area contributed by atoms with E-state index in [1.165, 1.54) is 44.1 Å². The number of rotatable bonds is 9.